The number of ketones is 1. The molecule has 0 aromatic heterocycles. The summed E-state index contributed by atoms with van der Waals surface area (Å²) in [5.41, 5.74) is 3.18. The van der Waals surface area contributed by atoms with Gasteiger partial charge < -0.3 is 5.11 Å². The number of hydrogen-bond acceptors (Lipinski definition) is 2. The smallest absolute Gasteiger partial charge is 0.331 e. The maximum Gasteiger partial charge on any atom is 0.331 e. The lowest BCUT2D eigenvalue weighted by Crippen LogP contribution is -2.18. The molecule has 0 spiro atoms. The van der Waals surface area contributed by atoms with Gasteiger partial charge in [-0.05, 0) is 36.1 Å². The Morgan fingerprint density at radius 3 is 2.62 bits per heavy atom. The van der Waals surface area contributed by atoms with Crippen molar-refractivity contribution in [2.24, 2.45) is 11.3 Å². The van der Waals surface area contributed by atoms with Crippen molar-refractivity contribution in [3.63, 3.8) is 0 Å². The Hall–Kier alpha value is -2.16. The fraction of sp³-hybridized carbons (Fsp3) is 0.333. The van der Waals surface area contributed by atoms with E-state index in [1.807, 2.05) is 30.3 Å². The molecular weight excluding hydrogens is 264 g/mol. The van der Waals surface area contributed by atoms with Crippen LogP contribution in [-0.4, -0.2) is 16.9 Å². The molecule has 3 heteroatoms. The minimum Gasteiger partial charge on any atom is -0.478 e. The summed E-state index contributed by atoms with van der Waals surface area (Å²) in [4.78, 5) is 23.4. The third-order valence-corrected chi connectivity index (χ3v) is 4.68. The van der Waals surface area contributed by atoms with Crippen molar-refractivity contribution in [1.29, 1.82) is 0 Å². The van der Waals surface area contributed by atoms with Crippen LogP contribution in [-0.2, 0) is 9.59 Å². The number of carbonyl (C=O) groups excluding carboxylic acids is 1. The standard InChI is InChI=1S/C18H18O3/c1-11(17(20)21)8-14-16(12-6-4-3-5-7-12)13-9-18(14,2)10-15(13)19/h3-8,13H,9-10H2,1-2H3,(H,20,21). The maximum atomic E-state index is 12.2. The summed E-state index contributed by atoms with van der Waals surface area (Å²) in [6, 6.07) is 9.84. The number of rotatable bonds is 3. The molecule has 2 bridgehead atoms. The number of carboxylic acid groups (broad SMARTS) is 1. The van der Waals surface area contributed by atoms with Gasteiger partial charge in [0.15, 0.2) is 0 Å². The second-order valence-electron chi connectivity index (χ2n) is 6.29. The molecule has 1 aromatic rings. The molecule has 0 heterocycles. The second-order valence-corrected chi connectivity index (χ2v) is 6.29. The highest BCUT2D eigenvalue weighted by atomic mass is 16.4. The van der Waals surface area contributed by atoms with Crippen molar-refractivity contribution in [2.75, 3.05) is 0 Å². The highest BCUT2D eigenvalue weighted by Gasteiger charge is 2.52. The Labute approximate surface area is 124 Å². The van der Waals surface area contributed by atoms with Crippen LogP contribution in [0.15, 0.2) is 47.6 Å². The third-order valence-electron chi connectivity index (χ3n) is 4.68. The first kappa shape index (κ1) is 13.8. The molecule has 2 atom stereocenters. The Kier molecular flexibility index (Phi) is 3.08. The first-order chi connectivity index (χ1) is 9.92. The molecule has 0 saturated heterocycles. The van der Waals surface area contributed by atoms with Gasteiger partial charge in [-0.1, -0.05) is 37.3 Å². The van der Waals surface area contributed by atoms with Crippen LogP contribution in [0.2, 0.25) is 0 Å². The number of aliphatic carboxylic acids is 1. The Bertz CT molecular complexity index is 682. The largest absolute Gasteiger partial charge is 0.478 e. The molecule has 108 valence electrons. The van der Waals surface area contributed by atoms with E-state index < -0.39 is 5.97 Å². The number of benzene rings is 1. The number of Topliss-reactive ketones (excluding diaryl/α,β-unsaturated/α-hetero) is 1. The highest BCUT2D eigenvalue weighted by molar-refractivity contribution is 6.02. The van der Waals surface area contributed by atoms with E-state index in [0.29, 0.717) is 12.0 Å². The van der Waals surface area contributed by atoms with E-state index in [-0.39, 0.29) is 17.1 Å². The molecule has 0 aliphatic heterocycles. The van der Waals surface area contributed by atoms with Crippen LogP contribution < -0.4 is 0 Å². The van der Waals surface area contributed by atoms with Gasteiger partial charge in [0.2, 0.25) is 0 Å². The molecule has 2 unspecified atom stereocenters. The fourth-order valence-corrected chi connectivity index (χ4v) is 3.63. The van der Waals surface area contributed by atoms with E-state index in [2.05, 4.69) is 6.92 Å². The Morgan fingerprint density at radius 2 is 2.00 bits per heavy atom. The fourth-order valence-electron chi connectivity index (χ4n) is 3.63. The van der Waals surface area contributed by atoms with Gasteiger partial charge in [-0.25, -0.2) is 4.79 Å². The Balaban J connectivity index is 2.20. The zero-order valence-corrected chi connectivity index (χ0v) is 12.2. The topological polar surface area (TPSA) is 54.4 Å². The zero-order chi connectivity index (χ0) is 15.2. The number of allylic oxidation sites excluding steroid dienone is 3. The zero-order valence-electron chi connectivity index (χ0n) is 12.2. The van der Waals surface area contributed by atoms with Crippen molar-refractivity contribution in [3.8, 4) is 0 Å². The van der Waals surface area contributed by atoms with Crippen LogP contribution in [0.5, 0.6) is 0 Å². The average molecular weight is 282 g/mol. The van der Waals surface area contributed by atoms with E-state index in [4.69, 9.17) is 5.11 Å². The monoisotopic (exact) mass is 282 g/mol. The summed E-state index contributed by atoms with van der Waals surface area (Å²) in [6.45, 7) is 3.68. The molecule has 1 saturated carbocycles. The van der Waals surface area contributed by atoms with Gasteiger partial charge in [-0.15, -0.1) is 0 Å². The molecule has 1 aromatic carbocycles. The van der Waals surface area contributed by atoms with E-state index in [9.17, 15) is 9.59 Å². The third kappa shape index (κ3) is 2.13. The number of hydrogen-bond donors (Lipinski definition) is 1. The molecule has 1 fully saturated rings. The summed E-state index contributed by atoms with van der Waals surface area (Å²) in [5.74, 6) is -0.709. The van der Waals surface area contributed by atoms with Crippen LogP contribution in [0.25, 0.3) is 5.57 Å². The van der Waals surface area contributed by atoms with Crippen LogP contribution in [0.1, 0.15) is 32.3 Å². The molecule has 0 radical (unpaired) electrons. The predicted octanol–water partition coefficient (Wildman–Crippen LogP) is 3.47. The number of fused-ring (bicyclic) bond motifs is 2. The van der Waals surface area contributed by atoms with Crippen LogP contribution in [0.3, 0.4) is 0 Å². The van der Waals surface area contributed by atoms with Gasteiger partial charge in [-0.3, -0.25) is 4.79 Å². The molecule has 1 N–H and O–H groups in total. The van der Waals surface area contributed by atoms with Crippen molar-refractivity contribution < 1.29 is 14.7 Å². The van der Waals surface area contributed by atoms with Gasteiger partial charge in [0.25, 0.3) is 0 Å². The molecule has 2 aliphatic rings. The van der Waals surface area contributed by atoms with Crippen molar-refractivity contribution in [3.05, 3.63) is 53.1 Å². The van der Waals surface area contributed by atoms with Gasteiger partial charge in [-0.2, -0.15) is 0 Å². The normalized spacial score (nSPS) is 28.4. The predicted molar refractivity (Wildman–Crippen MR) is 80.6 cm³/mol. The van der Waals surface area contributed by atoms with Gasteiger partial charge in [0.1, 0.15) is 5.78 Å². The van der Waals surface area contributed by atoms with Crippen molar-refractivity contribution in [1.82, 2.24) is 0 Å². The lowest BCUT2D eigenvalue weighted by atomic mass is 9.78. The van der Waals surface area contributed by atoms with Crippen LogP contribution in [0, 0.1) is 11.3 Å². The lowest BCUT2D eigenvalue weighted by Gasteiger charge is -2.25. The quantitative estimate of drug-likeness (QED) is 0.864. The number of carbonyl (C=O) groups is 2. The highest BCUT2D eigenvalue weighted by Crippen LogP contribution is 2.58. The molecule has 0 amide bonds. The minimum atomic E-state index is -0.910. The van der Waals surface area contributed by atoms with E-state index in [0.717, 1.165) is 23.1 Å². The average Bonchev–Trinajstić information content (AvgIpc) is 2.89. The summed E-state index contributed by atoms with van der Waals surface area (Å²) in [5, 5.41) is 9.15. The van der Waals surface area contributed by atoms with Crippen molar-refractivity contribution >= 4 is 17.3 Å². The summed E-state index contributed by atoms with van der Waals surface area (Å²) < 4.78 is 0. The van der Waals surface area contributed by atoms with Gasteiger partial charge in [0, 0.05) is 23.3 Å². The molecule has 3 rings (SSSR count). The summed E-state index contributed by atoms with van der Waals surface area (Å²) in [7, 11) is 0. The van der Waals surface area contributed by atoms with E-state index >= 15 is 0 Å². The molecule has 21 heavy (non-hydrogen) atoms. The van der Waals surface area contributed by atoms with Crippen molar-refractivity contribution in [2.45, 2.75) is 26.7 Å². The van der Waals surface area contributed by atoms with Crippen LogP contribution in [0.4, 0.5) is 0 Å². The molecular formula is C18H18O3. The Morgan fingerprint density at radius 1 is 1.33 bits per heavy atom. The minimum absolute atomic E-state index is 0.0785. The molecule has 3 nitrogen and oxygen atoms in total. The maximum absolute atomic E-state index is 12.2. The summed E-state index contributed by atoms with van der Waals surface area (Å²) in [6.07, 6.45) is 3.08. The van der Waals surface area contributed by atoms with Gasteiger partial charge >= 0.3 is 5.97 Å². The first-order valence-corrected chi connectivity index (χ1v) is 7.17. The van der Waals surface area contributed by atoms with E-state index in [1.165, 1.54) is 0 Å². The second kappa shape index (κ2) is 4.69. The first-order valence-electron chi connectivity index (χ1n) is 7.17. The summed E-state index contributed by atoms with van der Waals surface area (Å²) >= 11 is 0. The number of carboxylic acids is 1. The van der Waals surface area contributed by atoms with Crippen LogP contribution >= 0.6 is 0 Å². The van der Waals surface area contributed by atoms with Gasteiger partial charge in [0.05, 0.1) is 0 Å². The van der Waals surface area contributed by atoms with E-state index in [1.54, 1.807) is 13.0 Å². The SMILES string of the molecule is CC(=CC1=C(c2ccccc2)C2CC1(C)CC2=O)C(=O)O. The lowest BCUT2D eigenvalue weighted by molar-refractivity contribution is -0.132. The molecule has 2 aliphatic carbocycles.